The van der Waals surface area contributed by atoms with Crippen LogP contribution in [0.5, 0.6) is 5.75 Å². The van der Waals surface area contributed by atoms with Gasteiger partial charge < -0.3 is 4.74 Å². The highest BCUT2D eigenvalue weighted by Gasteiger charge is 2.51. The van der Waals surface area contributed by atoms with E-state index in [-0.39, 0.29) is 96.2 Å². The van der Waals surface area contributed by atoms with E-state index in [1.165, 1.54) is 86.0 Å². The van der Waals surface area contributed by atoms with E-state index in [2.05, 4.69) is 227 Å². The molecule has 6 aromatic carbocycles. The molecule has 24 rings (SSSR count). The topological polar surface area (TPSA) is 284 Å². The zero-order valence-electron chi connectivity index (χ0n) is 88.3. The van der Waals surface area contributed by atoms with Crippen molar-refractivity contribution in [1.29, 1.82) is 0 Å². The molecular formula is C123H133F5N12O7. The molecule has 0 spiro atoms. The first-order valence-electron chi connectivity index (χ1n) is 51.7. The molecule has 0 radical (unpaired) electrons. The molecule has 0 saturated carbocycles. The Labute approximate surface area is 856 Å². The van der Waals surface area contributed by atoms with Crippen LogP contribution in [0.2, 0.25) is 0 Å². The van der Waals surface area contributed by atoms with E-state index in [0.717, 1.165) is 205 Å². The average Bonchev–Trinajstić information content (AvgIpc) is 1.70. The zero-order chi connectivity index (χ0) is 105. The maximum absolute atomic E-state index is 14.6. The number of hydrogen-bond acceptors (Lipinski definition) is 13. The molecular weight excluding hydrogens is 1850 g/mol. The second-order valence-corrected chi connectivity index (χ2v) is 48.0. The predicted molar refractivity (Wildman–Crippen MR) is 558 cm³/mol. The number of ketones is 6. The lowest BCUT2D eigenvalue weighted by Crippen LogP contribution is -2.32. The van der Waals surface area contributed by atoms with Crippen LogP contribution in [0.4, 0.5) is 22.0 Å². The fourth-order valence-electron chi connectivity index (χ4n) is 26.8. The number of benzene rings is 6. The van der Waals surface area contributed by atoms with Gasteiger partial charge in [0, 0.05) is 225 Å². The minimum Gasteiger partial charge on any atom is -0.497 e. The van der Waals surface area contributed by atoms with Crippen molar-refractivity contribution in [1.82, 2.24) is 61.2 Å². The van der Waals surface area contributed by atoms with Crippen LogP contribution in [-0.2, 0) is 67.3 Å². The van der Waals surface area contributed by atoms with Crippen molar-refractivity contribution in [3.8, 4) is 5.75 Å². The van der Waals surface area contributed by atoms with E-state index < -0.39 is 35.1 Å². The van der Waals surface area contributed by atoms with Crippen molar-refractivity contribution in [3.05, 3.63) is 376 Å². The van der Waals surface area contributed by atoms with Crippen LogP contribution < -0.4 is 4.74 Å². The summed E-state index contributed by atoms with van der Waals surface area (Å²) in [6, 6.07) is 39.0. The third kappa shape index (κ3) is 19.5. The number of methoxy groups -OCH3 is 1. The number of aromatic amines is 6. The Morgan fingerprint density at radius 1 is 0.259 bits per heavy atom. The molecule has 12 aliphatic carbocycles. The van der Waals surface area contributed by atoms with Gasteiger partial charge in [-0.1, -0.05) is 201 Å². The van der Waals surface area contributed by atoms with Crippen LogP contribution in [0, 0.1) is 117 Å². The molecule has 0 amide bonds. The van der Waals surface area contributed by atoms with Gasteiger partial charge in [-0.15, -0.1) is 0 Å². The summed E-state index contributed by atoms with van der Waals surface area (Å²) in [7, 11) is 1.67. The Morgan fingerprint density at radius 3 is 0.823 bits per heavy atom. The van der Waals surface area contributed by atoms with Crippen LogP contribution in [-0.4, -0.2) is 103 Å². The lowest BCUT2D eigenvalue weighted by atomic mass is 9.64. The second-order valence-electron chi connectivity index (χ2n) is 48.0. The zero-order valence-corrected chi connectivity index (χ0v) is 88.3. The van der Waals surface area contributed by atoms with Gasteiger partial charge in [-0.05, 0) is 208 Å². The number of nitrogens with zero attached hydrogens (tertiary/aromatic N) is 6. The van der Waals surface area contributed by atoms with E-state index in [0.29, 0.717) is 86.1 Å². The third-order valence-electron chi connectivity index (χ3n) is 32.5. The van der Waals surface area contributed by atoms with Crippen LogP contribution in [0.25, 0.3) is 0 Å². The van der Waals surface area contributed by atoms with E-state index in [1.54, 1.807) is 19.2 Å². The van der Waals surface area contributed by atoms with Crippen LogP contribution in [0.3, 0.4) is 0 Å². The smallest absolute Gasteiger partial charge is 0.160 e. The number of Topliss-reactive ketones (excluding diaryl/α,β-unsaturated/α-hetero) is 6. The van der Waals surface area contributed by atoms with E-state index in [9.17, 15) is 50.7 Å². The summed E-state index contributed by atoms with van der Waals surface area (Å²) in [5.74, 6) is -2.21. The summed E-state index contributed by atoms with van der Waals surface area (Å²) in [6.45, 7) is 41.7. The molecule has 0 fully saturated rings. The highest BCUT2D eigenvalue weighted by molar-refractivity contribution is 6.05. The molecule has 24 heteroatoms. The molecule has 12 aliphatic rings. The van der Waals surface area contributed by atoms with Crippen molar-refractivity contribution < 1.29 is 55.5 Å². The largest absolute Gasteiger partial charge is 0.497 e. The Balaban J connectivity index is 0.000000111. The highest BCUT2D eigenvalue weighted by atomic mass is 19.1. The number of ether oxygens (including phenoxy) is 1. The molecule has 6 N–H and O–H groups in total. The van der Waals surface area contributed by atoms with E-state index in [4.69, 9.17) is 4.74 Å². The molecule has 6 atom stereocenters. The van der Waals surface area contributed by atoms with E-state index >= 15 is 0 Å². The third-order valence-corrected chi connectivity index (χ3v) is 32.5. The highest BCUT2D eigenvalue weighted by Crippen LogP contribution is 2.58. The molecule has 0 saturated heterocycles. The molecule has 6 aromatic heterocycles. The van der Waals surface area contributed by atoms with Crippen LogP contribution in [0.15, 0.2) is 200 Å². The first-order valence-corrected chi connectivity index (χ1v) is 51.7. The van der Waals surface area contributed by atoms with Crippen molar-refractivity contribution >= 4 is 34.7 Å². The molecule has 762 valence electrons. The number of hydrogen-bond donors (Lipinski definition) is 6. The van der Waals surface area contributed by atoms with Crippen molar-refractivity contribution in [2.75, 3.05) is 7.11 Å². The maximum atomic E-state index is 14.6. The molecule has 19 nitrogen and oxygen atoms in total. The standard InChI is InChI=1S/C21H24N2O2.2C21H24N2O.2C20H20F2N2O.C20H21FN2O/c1-12-18-16(23-22-12)9-14-10-21(2,3)11-17(24)19(14)20(18)13-6-5-7-15(8-13)25-4;2*1-12-7-5-6-8-15(12)20-18-13(2)22-23-16(18)9-14-10-21(3,4)11-17(24)19(14)20;1-10-17-15(24-23-10)6-11-8-20(2,3)9-16(25)18(11)19(17)13-7-12(21)4-5-14(13)22;1-10-16-14(24-23-10)7-11-8-20(2,3)9-15(25)17(11)19(16)18-12(21)5-4-6-13(18)22;1-11-17-15(23-22-11)8-12-9-20(2,3)10-16(24)18(12)19(17)13-6-4-5-7-14(13)21/h5-8,20H,9-11H2,1-4H3,(H,22,23);2*5-8,20H,9-11H2,1-4H3,(H,22,23);4-5,7,19H,6,8-9H2,1-3H3,(H,23,24);4-6,19H,7-9H2,1-3H3,(H,23,24);4-7,19H,8-10H2,1-3H3,(H,22,23)/t3*20-;;;/m110.../s1. The average molecular weight is 1990 g/mol. The number of aryl methyl sites for hydroxylation is 8. The maximum Gasteiger partial charge on any atom is 0.160 e. The van der Waals surface area contributed by atoms with Gasteiger partial charge in [0.25, 0.3) is 0 Å². The molecule has 0 bridgehead atoms. The first-order chi connectivity index (χ1) is 69.6. The van der Waals surface area contributed by atoms with Gasteiger partial charge in [-0.2, -0.15) is 30.6 Å². The second kappa shape index (κ2) is 38.6. The lowest BCUT2D eigenvalue weighted by molar-refractivity contribution is -0.119. The molecule has 147 heavy (non-hydrogen) atoms. The van der Waals surface area contributed by atoms with Gasteiger partial charge in [0.2, 0.25) is 0 Å². The number of allylic oxidation sites excluding steroid dienone is 12. The Kier molecular flexibility index (Phi) is 26.8. The number of aromatic nitrogens is 12. The normalized spacial score (nSPS) is 22.1. The minimum atomic E-state index is -0.720. The number of nitrogens with one attached hydrogen (secondary N) is 6. The number of carbonyl (C=O) groups is 6. The van der Waals surface area contributed by atoms with Gasteiger partial charge in [-0.3, -0.25) is 59.4 Å². The Hall–Kier alpha value is -13.5. The molecule has 12 aromatic rings. The number of carbonyl (C=O) groups excluding carboxylic acids is 6. The fraction of sp³-hybridized carbons (Fsp3) is 0.415. The number of halogens is 5. The summed E-state index contributed by atoms with van der Waals surface area (Å²) < 4.78 is 77.6. The van der Waals surface area contributed by atoms with Crippen LogP contribution in [0.1, 0.15) is 342 Å². The SMILES string of the molecule is COc1cccc([C@H]2C3=C(Cc4n[nH]c(C)c42)CC(C)(C)CC3=O)c1.Cc1[nH]nc2c1C(c1c(F)cccc1F)C1=C(C2)CC(C)(C)CC1=O.Cc1[nH]nc2c1C(c1cc(F)ccc1F)C1=C(C2)CC(C)(C)CC1=O.Cc1[nH]nc2c1C(c1ccccc1F)C1=C(C2)CC(C)(C)CC1=O.Cc1ccccc1[C@@H]1C2=C(Cc3n[nH]c(C)c31)CC(C)(C)CC2=O.Cc1ccccc1[C@H]1C2=C(Cc3n[nH]c(C)c31)CC(C)(C)CC2=O. The fourth-order valence-corrected chi connectivity index (χ4v) is 26.8. The van der Waals surface area contributed by atoms with Gasteiger partial charge in [0.15, 0.2) is 34.7 Å². The van der Waals surface area contributed by atoms with Crippen LogP contribution >= 0.6 is 0 Å². The van der Waals surface area contributed by atoms with Gasteiger partial charge >= 0.3 is 0 Å². The quantitative estimate of drug-likeness (QED) is 0.0811. The Bertz CT molecular complexity index is 7290. The van der Waals surface area contributed by atoms with Gasteiger partial charge in [0.05, 0.1) is 41.3 Å². The molecule has 6 heterocycles. The summed E-state index contributed by atoms with van der Waals surface area (Å²) in [5.41, 5.74) is 36.4. The van der Waals surface area contributed by atoms with E-state index in [1.807, 2.05) is 52.0 Å². The molecule has 0 aliphatic heterocycles. The minimum absolute atomic E-state index is 0.00912. The monoisotopic (exact) mass is 1990 g/mol. The summed E-state index contributed by atoms with van der Waals surface area (Å²) in [5, 5.41) is 45.1. The number of H-pyrrole nitrogens is 6. The predicted octanol–water partition coefficient (Wildman–Crippen LogP) is 25.9. The van der Waals surface area contributed by atoms with Gasteiger partial charge in [0.1, 0.15) is 34.8 Å². The lowest BCUT2D eigenvalue weighted by Gasteiger charge is -2.38. The van der Waals surface area contributed by atoms with Crippen molar-refractivity contribution in [2.45, 2.75) is 290 Å². The van der Waals surface area contributed by atoms with Crippen molar-refractivity contribution in [2.24, 2.45) is 32.5 Å². The number of rotatable bonds is 7. The van der Waals surface area contributed by atoms with Crippen molar-refractivity contribution in [3.63, 3.8) is 0 Å². The first kappa shape index (κ1) is 102. The summed E-state index contributed by atoms with van der Waals surface area (Å²) in [4.78, 5) is 78.2. The van der Waals surface area contributed by atoms with Gasteiger partial charge in [-0.25, -0.2) is 22.0 Å². The summed E-state index contributed by atoms with van der Waals surface area (Å²) >= 11 is 0. The summed E-state index contributed by atoms with van der Waals surface area (Å²) in [6.07, 6.45) is 12.8. The number of fused-ring (bicyclic) bond motifs is 6. The Morgan fingerprint density at radius 2 is 0.510 bits per heavy atom. The molecule has 3 unspecified atom stereocenters.